The Kier molecular flexibility index (Phi) is 4.32. The van der Waals surface area contributed by atoms with Crippen LogP contribution in [0.15, 0.2) is 12.1 Å². The molecule has 1 aliphatic rings. The van der Waals surface area contributed by atoms with Gasteiger partial charge in [-0.2, -0.15) is 0 Å². The van der Waals surface area contributed by atoms with Crippen molar-refractivity contribution in [3.63, 3.8) is 0 Å². The first-order valence-corrected chi connectivity index (χ1v) is 7.09. The molecule has 1 fully saturated rings. The van der Waals surface area contributed by atoms with Crippen LogP contribution in [0.4, 0.5) is 0 Å². The summed E-state index contributed by atoms with van der Waals surface area (Å²) in [4.78, 5) is 26.0. The molecular formula is C16H21NO4. The highest BCUT2D eigenvalue weighted by Crippen LogP contribution is 2.22. The van der Waals surface area contributed by atoms with Gasteiger partial charge in [0.05, 0.1) is 23.3 Å². The van der Waals surface area contributed by atoms with Crippen LogP contribution in [-0.2, 0) is 4.74 Å². The third kappa shape index (κ3) is 3.08. The summed E-state index contributed by atoms with van der Waals surface area (Å²) in [5.74, 6) is -1.29. The van der Waals surface area contributed by atoms with E-state index < -0.39 is 5.97 Å². The molecule has 1 aromatic rings. The lowest BCUT2D eigenvalue weighted by molar-refractivity contribution is -0.0586. The Labute approximate surface area is 124 Å². The molecule has 0 unspecified atom stereocenters. The van der Waals surface area contributed by atoms with Crippen molar-refractivity contribution in [2.45, 2.75) is 39.9 Å². The second-order valence-corrected chi connectivity index (χ2v) is 5.72. The fourth-order valence-corrected chi connectivity index (χ4v) is 2.86. The molecule has 1 aromatic carbocycles. The summed E-state index contributed by atoms with van der Waals surface area (Å²) in [5.41, 5.74) is 1.69. The first-order valence-electron chi connectivity index (χ1n) is 7.09. The van der Waals surface area contributed by atoms with Crippen LogP contribution in [0.25, 0.3) is 0 Å². The standard InChI is InChI=1S/C16H21NO4/c1-9-5-6-10(2)14(16(19)20)13(9)15(18)17-7-11(3)21-12(4)8-17/h5-6,11-12H,7-8H2,1-4H3,(H,19,20)/t11-,12+. The molecule has 0 saturated carbocycles. The van der Waals surface area contributed by atoms with Gasteiger partial charge in [-0.3, -0.25) is 4.79 Å². The molecule has 1 saturated heterocycles. The Morgan fingerprint density at radius 1 is 1.10 bits per heavy atom. The fraction of sp³-hybridized carbons (Fsp3) is 0.500. The highest BCUT2D eigenvalue weighted by Gasteiger charge is 2.30. The van der Waals surface area contributed by atoms with Crippen LogP contribution in [-0.4, -0.2) is 47.2 Å². The van der Waals surface area contributed by atoms with Crippen LogP contribution in [0, 0.1) is 13.8 Å². The topological polar surface area (TPSA) is 66.8 Å². The number of morpholine rings is 1. The Morgan fingerprint density at radius 2 is 1.57 bits per heavy atom. The first-order chi connectivity index (χ1) is 9.81. The van der Waals surface area contributed by atoms with E-state index in [2.05, 4.69) is 0 Å². The van der Waals surface area contributed by atoms with Crippen LogP contribution >= 0.6 is 0 Å². The SMILES string of the molecule is Cc1ccc(C)c(C(=O)N2C[C@@H](C)O[C@@H](C)C2)c1C(=O)O. The van der Waals surface area contributed by atoms with Crippen molar-refractivity contribution in [2.24, 2.45) is 0 Å². The van der Waals surface area contributed by atoms with E-state index in [0.717, 1.165) is 0 Å². The van der Waals surface area contributed by atoms with Gasteiger partial charge in [-0.15, -0.1) is 0 Å². The van der Waals surface area contributed by atoms with Crippen molar-refractivity contribution in [3.05, 3.63) is 34.4 Å². The average Bonchev–Trinajstić information content (AvgIpc) is 2.38. The zero-order valence-corrected chi connectivity index (χ0v) is 12.8. The number of ether oxygens (including phenoxy) is 1. The Bertz CT molecular complexity index is 572. The largest absolute Gasteiger partial charge is 0.478 e. The number of benzene rings is 1. The van der Waals surface area contributed by atoms with Crippen LogP contribution in [0.1, 0.15) is 45.7 Å². The molecule has 0 spiro atoms. The van der Waals surface area contributed by atoms with Crippen LogP contribution in [0.2, 0.25) is 0 Å². The third-order valence-corrected chi connectivity index (χ3v) is 3.76. The molecule has 1 aliphatic heterocycles. The van der Waals surface area contributed by atoms with Gasteiger partial charge in [-0.25, -0.2) is 4.79 Å². The molecule has 0 bridgehead atoms. The molecule has 0 aromatic heterocycles. The maximum Gasteiger partial charge on any atom is 0.336 e. The quantitative estimate of drug-likeness (QED) is 0.907. The lowest BCUT2D eigenvalue weighted by atomic mass is 9.95. The van der Waals surface area contributed by atoms with Gasteiger partial charge >= 0.3 is 5.97 Å². The highest BCUT2D eigenvalue weighted by molar-refractivity contribution is 6.06. The number of amides is 1. The van der Waals surface area contributed by atoms with Gasteiger partial charge in [-0.1, -0.05) is 12.1 Å². The van der Waals surface area contributed by atoms with E-state index in [9.17, 15) is 14.7 Å². The fourth-order valence-electron chi connectivity index (χ4n) is 2.86. The second kappa shape index (κ2) is 5.85. The summed E-state index contributed by atoms with van der Waals surface area (Å²) in [6.45, 7) is 8.27. The van der Waals surface area contributed by atoms with E-state index in [4.69, 9.17) is 4.74 Å². The van der Waals surface area contributed by atoms with Crippen molar-refractivity contribution in [1.82, 2.24) is 4.90 Å². The molecule has 1 heterocycles. The molecule has 21 heavy (non-hydrogen) atoms. The number of carbonyl (C=O) groups excluding carboxylic acids is 1. The minimum atomic E-state index is -1.06. The molecule has 1 N–H and O–H groups in total. The lowest BCUT2D eigenvalue weighted by Gasteiger charge is -2.35. The predicted molar refractivity (Wildman–Crippen MR) is 78.8 cm³/mol. The number of hydrogen-bond acceptors (Lipinski definition) is 3. The minimum Gasteiger partial charge on any atom is -0.478 e. The summed E-state index contributed by atoms with van der Waals surface area (Å²) in [5, 5.41) is 9.43. The van der Waals surface area contributed by atoms with E-state index in [1.165, 1.54) is 0 Å². The maximum atomic E-state index is 12.8. The Hall–Kier alpha value is -1.88. The summed E-state index contributed by atoms with van der Waals surface area (Å²) in [7, 11) is 0. The van der Waals surface area contributed by atoms with Gasteiger partial charge in [0.15, 0.2) is 0 Å². The molecule has 5 nitrogen and oxygen atoms in total. The van der Waals surface area contributed by atoms with Crippen molar-refractivity contribution in [2.75, 3.05) is 13.1 Å². The second-order valence-electron chi connectivity index (χ2n) is 5.72. The van der Waals surface area contributed by atoms with Crippen molar-refractivity contribution in [3.8, 4) is 0 Å². The normalized spacial score (nSPS) is 22.2. The average molecular weight is 291 g/mol. The van der Waals surface area contributed by atoms with Crippen LogP contribution < -0.4 is 0 Å². The molecule has 2 atom stereocenters. The molecule has 5 heteroatoms. The number of nitrogens with zero attached hydrogens (tertiary/aromatic N) is 1. The first kappa shape index (κ1) is 15.5. The van der Waals surface area contributed by atoms with Gasteiger partial charge in [0.1, 0.15) is 0 Å². The number of carbonyl (C=O) groups is 2. The summed E-state index contributed by atoms with van der Waals surface area (Å²) in [6, 6.07) is 3.53. The zero-order chi connectivity index (χ0) is 15.7. The number of rotatable bonds is 2. The molecule has 1 amide bonds. The predicted octanol–water partition coefficient (Wildman–Crippen LogP) is 2.25. The van der Waals surface area contributed by atoms with Crippen molar-refractivity contribution in [1.29, 1.82) is 0 Å². The number of carboxylic acid groups (broad SMARTS) is 1. The molecule has 2 rings (SSSR count). The van der Waals surface area contributed by atoms with Crippen LogP contribution in [0.5, 0.6) is 0 Å². The molecule has 114 valence electrons. The summed E-state index contributed by atoms with van der Waals surface area (Å²) in [6.07, 6.45) is -0.0906. The number of carboxylic acids is 1. The van der Waals surface area contributed by atoms with Gasteiger partial charge < -0.3 is 14.7 Å². The van der Waals surface area contributed by atoms with Gasteiger partial charge in [0.2, 0.25) is 0 Å². The molecule has 0 radical (unpaired) electrons. The molecular weight excluding hydrogens is 270 g/mol. The van der Waals surface area contributed by atoms with E-state index >= 15 is 0 Å². The van der Waals surface area contributed by atoms with Gasteiger partial charge in [0.25, 0.3) is 5.91 Å². The van der Waals surface area contributed by atoms with E-state index in [-0.39, 0.29) is 23.7 Å². The van der Waals surface area contributed by atoms with Crippen molar-refractivity contribution < 1.29 is 19.4 Å². The third-order valence-electron chi connectivity index (χ3n) is 3.76. The van der Waals surface area contributed by atoms with E-state index in [0.29, 0.717) is 29.8 Å². The van der Waals surface area contributed by atoms with E-state index in [1.54, 1.807) is 30.9 Å². The Morgan fingerprint density at radius 3 is 2.05 bits per heavy atom. The monoisotopic (exact) mass is 291 g/mol. The minimum absolute atomic E-state index is 0.0453. The maximum absolute atomic E-state index is 12.8. The van der Waals surface area contributed by atoms with E-state index in [1.807, 2.05) is 13.8 Å². The molecule has 0 aliphatic carbocycles. The summed E-state index contributed by atoms with van der Waals surface area (Å²) < 4.78 is 5.62. The Balaban J connectivity index is 2.43. The lowest BCUT2D eigenvalue weighted by Crippen LogP contribution is -2.48. The van der Waals surface area contributed by atoms with Gasteiger partial charge in [-0.05, 0) is 38.8 Å². The number of aryl methyl sites for hydroxylation is 2. The van der Waals surface area contributed by atoms with Crippen molar-refractivity contribution >= 4 is 11.9 Å². The number of hydrogen-bond donors (Lipinski definition) is 1. The van der Waals surface area contributed by atoms with Gasteiger partial charge in [0, 0.05) is 13.1 Å². The highest BCUT2D eigenvalue weighted by atomic mass is 16.5. The number of aromatic carboxylic acids is 1. The zero-order valence-electron chi connectivity index (χ0n) is 12.8. The van der Waals surface area contributed by atoms with Crippen LogP contribution in [0.3, 0.4) is 0 Å². The smallest absolute Gasteiger partial charge is 0.336 e. The summed E-state index contributed by atoms with van der Waals surface area (Å²) >= 11 is 0.